The molecule has 2 aromatic rings. The Kier molecular flexibility index (Phi) is 6.01. The van der Waals surface area contributed by atoms with Crippen molar-refractivity contribution in [1.82, 2.24) is 0 Å². The Morgan fingerprint density at radius 3 is 2.28 bits per heavy atom. The number of aromatic hydroxyl groups is 2. The highest BCUT2D eigenvalue weighted by Crippen LogP contribution is 2.26. The Bertz CT molecular complexity index is 830. The SMILES string of the molecule is COc1cc(/C=C/C(=O)/C=C(O)/C=C/c2ccc(O)cc2)ccc1O. The molecule has 0 bridgehead atoms. The fraction of sp³-hybridized carbons (Fsp3) is 0.0500. The van der Waals surface area contributed by atoms with E-state index in [9.17, 15) is 20.1 Å². The summed E-state index contributed by atoms with van der Waals surface area (Å²) in [6.07, 6.45) is 6.95. The number of allylic oxidation sites excluding steroid dienone is 3. The summed E-state index contributed by atoms with van der Waals surface area (Å²) in [5.74, 6) is -0.0956. The van der Waals surface area contributed by atoms with Gasteiger partial charge in [-0.3, -0.25) is 4.79 Å². The molecule has 0 aliphatic carbocycles. The van der Waals surface area contributed by atoms with Gasteiger partial charge in [-0.05, 0) is 47.5 Å². The van der Waals surface area contributed by atoms with Crippen molar-refractivity contribution in [2.24, 2.45) is 0 Å². The molecule has 0 unspecified atom stereocenters. The number of rotatable bonds is 6. The predicted octanol–water partition coefficient (Wildman–Crippen LogP) is 3.84. The van der Waals surface area contributed by atoms with Crippen molar-refractivity contribution in [3.8, 4) is 17.2 Å². The van der Waals surface area contributed by atoms with Crippen LogP contribution in [0.25, 0.3) is 12.2 Å². The van der Waals surface area contributed by atoms with Crippen LogP contribution >= 0.6 is 0 Å². The minimum Gasteiger partial charge on any atom is -0.508 e. The molecule has 2 rings (SSSR count). The summed E-state index contributed by atoms with van der Waals surface area (Å²) in [7, 11) is 1.44. The van der Waals surface area contributed by atoms with Crippen LogP contribution in [-0.4, -0.2) is 28.2 Å². The molecule has 0 saturated carbocycles. The zero-order valence-electron chi connectivity index (χ0n) is 13.6. The summed E-state index contributed by atoms with van der Waals surface area (Å²) < 4.78 is 4.99. The zero-order valence-corrected chi connectivity index (χ0v) is 13.6. The number of phenols is 2. The van der Waals surface area contributed by atoms with Crippen LogP contribution < -0.4 is 4.74 Å². The molecule has 0 aromatic heterocycles. The lowest BCUT2D eigenvalue weighted by atomic mass is 10.1. The molecule has 3 N–H and O–H groups in total. The Hall–Kier alpha value is -3.47. The number of benzene rings is 2. The first-order valence-electron chi connectivity index (χ1n) is 7.45. The largest absolute Gasteiger partial charge is 0.508 e. The van der Waals surface area contributed by atoms with Crippen LogP contribution in [-0.2, 0) is 4.79 Å². The highest BCUT2D eigenvalue weighted by molar-refractivity contribution is 6.02. The van der Waals surface area contributed by atoms with E-state index in [1.165, 1.54) is 37.5 Å². The molecule has 0 aliphatic rings. The van der Waals surface area contributed by atoms with E-state index in [4.69, 9.17) is 4.74 Å². The van der Waals surface area contributed by atoms with Gasteiger partial charge in [-0.2, -0.15) is 0 Å². The van der Waals surface area contributed by atoms with Gasteiger partial charge < -0.3 is 20.1 Å². The van der Waals surface area contributed by atoms with E-state index in [-0.39, 0.29) is 23.0 Å². The first-order valence-corrected chi connectivity index (χ1v) is 7.45. The Balaban J connectivity index is 2.02. The van der Waals surface area contributed by atoms with Gasteiger partial charge in [0.25, 0.3) is 0 Å². The molecule has 0 saturated heterocycles. The maximum absolute atomic E-state index is 11.8. The molecule has 25 heavy (non-hydrogen) atoms. The number of methoxy groups -OCH3 is 1. The van der Waals surface area contributed by atoms with Crippen LogP contribution in [0.15, 0.2) is 66.5 Å². The third-order valence-electron chi connectivity index (χ3n) is 3.27. The number of aliphatic hydroxyl groups excluding tert-OH is 1. The van der Waals surface area contributed by atoms with Gasteiger partial charge in [-0.15, -0.1) is 0 Å². The standard InChI is InChI=1S/C20H18O5/c1-25-20-12-15(6-11-19(20)24)5-10-18(23)13-17(22)9-4-14-2-7-16(21)8-3-14/h2-13,21-22,24H,1H3/b9-4+,10-5+,17-13-. The second-order valence-electron chi connectivity index (χ2n) is 5.16. The first kappa shape index (κ1) is 17.9. The average molecular weight is 338 g/mol. The van der Waals surface area contributed by atoms with Crippen LogP contribution in [0, 0.1) is 0 Å². The second-order valence-corrected chi connectivity index (χ2v) is 5.16. The number of ketones is 1. The summed E-state index contributed by atoms with van der Waals surface area (Å²) in [5.41, 5.74) is 1.45. The number of hydrogen-bond acceptors (Lipinski definition) is 5. The molecular formula is C20H18O5. The van der Waals surface area contributed by atoms with E-state index >= 15 is 0 Å². The van der Waals surface area contributed by atoms with E-state index in [0.29, 0.717) is 11.3 Å². The van der Waals surface area contributed by atoms with Gasteiger partial charge in [0, 0.05) is 6.08 Å². The zero-order chi connectivity index (χ0) is 18.2. The molecule has 0 spiro atoms. The molecule has 0 aliphatic heterocycles. The Morgan fingerprint density at radius 1 is 0.960 bits per heavy atom. The van der Waals surface area contributed by atoms with E-state index in [1.807, 2.05) is 0 Å². The van der Waals surface area contributed by atoms with Crippen molar-refractivity contribution in [3.63, 3.8) is 0 Å². The van der Waals surface area contributed by atoms with Crippen LogP contribution in [0.1, 0.15) is 11.1 Å². The van der Waals surface area contributed by atoms with Gasteiger partial charge >= 0.3 is 0 Å². The molecule has 128 valence electrons. The molecule has 0 heterocycles. The van der Waals surface area contributed by atoms with Crippen LogP contribution in [0.3, 0.4) is 0 Å². The van der Waals surface area contributed by atoms with E-state index < -0.39 is 0 Å². The number of carbonyl (C=O) groups is 1. The summed E-state index contributed by atoms with van der Waals surface area (Å²) in [5, 5.41) is 28.5. The predicted molar refractivity (Wildman–Crippen MR) is 96.6 cm³/mol. The van der Waals surface area contributed by atoms with Crippen LogP contribution in [0.2, 0.25) is 0 Å². The third-order valence-corrected chi connectivity index (χ3v) is 3.27. The van der Waals surface area contributed by atoms with Gasteiger partial charge in [0.1, 0.15) is 11.5 Å². The van der Waals surface area contributed by atoms with Gasteiger partial charge in [0.05, 0.1) is 7.11 Å². The van der Waals surface area contributed by atoms with Crippen molar-refractivity contribution >= 4 is 17.9 Å². The third kappa shape index (κ3) is 5.58. The van der Waals surface area contributed by atoms with Crippen LogP contribution in [0.5, 0.6) is 17.2 Å². The Labute approximate surface area is 145 Å². The lowest BCUT2D eigenvalue weighted by Crippen LogP contribution is -1.89. The number of ether oxygens (including phenoxy) is 1. The van der Waals surface area contributed by atoms with Crippen molar-refractivity contribution in [2.45, 2.75) is 0 Å². The smallest absolute Gasteiger partial charge is 0.182 e. The van der Waals surface area contributed by atoms with Gasteiger partial charge in [-0.1, -0.05) is 30.4 Å². The fourth-order valence-electron chi connectivity index (χ4n) is 1.99. The molecule has 0 fully saturated rings. The highest BCUT2D eigenvalue weighted by atomic mass is 16.5. The summed E-state index contributed by atoms with van der Waals surface area (Å²) >= 11 is 0. The van der Waals surface area contributed by atoms with E-state index in [0.717, 1.165) is 11.6 Å². The summed E-state index contributed by atoms with van der Waals surface area (Å²) in [6, 6.07) is 11.1. The summed E-state index contributed by atoms with van der Waals surface area (Å²) in [6.45, 7) is 0. The van der Waals surface area contributed by atoms with Crippen molar-refractivity contribution < 1.29 is 24.9 Å². The number of carbonyl (C=O) groups excluding carboxylic acids is 1. The molecule has 5 heteroatoms. The Morgan fingerprint density at radius 2 is 1.60 bits per heavy atom. The van der Waals surface area contributed by atoms with Crippen molar-refractivity contribution in [2.75, 3.05) is 7.11 Å². The minimum absolute atomic E-state index is 0.0166. The first-order chi connectivity index (χ1) is 12.0. The number of aliphatic hydroxyl groups is 1. The quantitative estimate of drug-likeness (QED) is 0.423. The minimum atomic E-state index is -0.389. The molecule has 5 nitrogen and oxygen atoms in total. The highest BCUT2D eigenvalue weighted by Gasteiger charge is 2.01. The molecule has 0 amide bonds. The maximum Gasteiger partial charge on any atom is 0.182 e. The molecule has 0 atom stereocenters. The molecule has 0 radical (unpaired) electrons. The summed E-state index contributed by atoms with van der Waals surface area (Å²) in [4.78, 5) is 11.8. The van der Waals surface area contributed by atoms with Crippen molar-refractivity contribution in [1.29, 1.82) is 0 Å². The normalized spacial score (nSPS) is 12.0. The fourth-order valence-corrected chi connectivity index (χ4v) is 1.99. The second kappa shape index (κ2) is 8.40. The van der Waals surface area contributed by atoms with Gasteiger partial charge in [0.15, 0.2) is 17.3 Å². The maximum atomic E-state index is 11.8. The lowest BCUT2D eigenvalue weighted by molar-refractivity contribution is -0.110. The van der Waals surface area contributed by atoms with Crippen LogP contribution in [0.4, 0.5) is 0 Å². The van der Waals surface area contributed by atoms with Crippen molar-refractivity contribution in [3.05, 3.63) is 77.6 Å². The van der Waals surface area contributed by atoms with E-state index in [1.54, 1.807) is 36.4 Å². The lowest BCUT2D eigenvalue weighted by Gasteiger charge is -2.03. The van der Waals surface area contributed by atoms with Gasteiger partial charge in [-0.25, -0.2) is 0 Å². The number of phenolic OH excluding ortho intramolecular Hbond substituents is 2. The van der Waals surface area contributed by atoms with Gasteiger partial charge in [0.2, 0.25) is 0 Å². The van der Waals surface area contributed by atoms with E-state index in [2.05, 4.69) is 0 Å². The average Bonchev–Trinajstić information content (AvgIpc) is 2.60. The molecule has 2 aromatic carbocycles. The monoisotopic (exact) mass is 338 g/mol. The number of hydrogen-bond donors (Lipinski definition) is 3. The topological polar surface area (TPSA) is 87.0 Å². The molecular weight excluding hydrogens is 320 g/mol.